The lowest BCUT2D eigenvalue weighted by Crippen LogP contribution is -2.39. The molecule has 4 aromatic rings. The third-order valence-electron chi connectivity index (χ3n) is 6.04. The Kier molecular flexibility index (Phi) is 6.17. The van der Waals surface area contributed by atoms with Crippen molar-refractivity contribution in [2.24, 2.45) is 0 Å². The fraction of sp³-hybridized carbons (Fsp3) is 0.308. The van der Waals surface area contributed by atoms with E-state index < -0.39 is 0 Å². The molecule has 3 aromatic carbocycles. The van der Waals surface area contributed by atoms with Crippen LogP contribution < -0.4 is 4.90 Å². The van der Waals surface area contributed by atoms with E-state index in [9.17, 15) is 4.79 Å². The maximum atomic E-state index is 13.7. The Morgan fingerprint density at radius 1 is 1.06 bits per heavy atom. The van der Waals surface area contributed by atoms with E-state index in [2.05, 4.69) is 36.1 Å². The number of anilines is 1. The Labute approximate surface area is 192 Å². The van der Waals surface area contributed by atoms with Crippen molar-refractivity contribution in [1.29, 1.82) is 0 Å². The van der Waals surface area contributed by atoms with Gasteiger partial charge in [0.1, 0.15) is 0 Å². The highest BCUT2D eigenvalue weighted by Gasteiger charge is 2.22. The van der Waals surface area contributed by atoms with Crippen molar-refractivity contribution in [3.63, 3.8) is 0 Å². The minimum Gasteiger partial charge on any atom is -0.379 e. The van der Waals surface area contributed by atoms with E-state index in [0.717, 1.165) is 71.0 Å². The average Bonchev–Trinajstić information content (AvgIpc) is 3.27. The van der Waals surface area contributed by atoms with Crippen LogP contribution in [0.2, 0.25) is 0 Å². The van der Waals surface area contributed by atoms with Crippen LogP contribution in [0.3, 0.4) is 0 Å². The van der Waals surface area contributed by atoms with E-state index in [1.54, 1.807) is 11.3 Å². The number of para-hydroxylation sites is 1. The lowest BCUT2D eigenvalue weighted by atomic mass is 10.1. The largest absolute Gasteiger partial charge is 0.379 e. The molecule has 0 aliphatic carbocycles. The summed E-state index contributed by atoms with van der Waals surface area (Å²) in [5.41, 5.74) is 2.82. The summed E-state index contributed by atoms with van der Waals surface area (Å²) in [6.07, 6.45) is 0.897. The minimum absolute atomic E-state index is 0.00874. The average molecular weight is 446 g/mol. The molecule has 0 radical (unpaired) electrons. The number of aromatic nitrogens is 1. The van der Waals surface area contributed by atoms with E-state index in [1.807, 2.05) is 41.3 Å². The third-order valence-corrected chi connectivity index (χ3v) is 7.09. The van der Waals surface area contributed by atoms with E-state index in [0.29, 0.717) is 12.1 Å². The minimum atomic E-state index is 0.00874. The lowest BCUT2D eigenvalue weighted by Gasteiger charge is -2.27. The van der Waals surface area contributed by atoms with Gasteiger partial charge in [-0.25, -0.2) is 4.98 Å². The van der Waals surface area contributed by atoms with Crippen LogP contribution in [-0.4, -0.2) is 55.2 Å². The fourth-order valence-corrected chi connectivity index (χ4v) is 5.30. The summed E-state index contributed by atoms with van der Waals surface area (Å²) in [6.45, 7) is 7.15. The predicted octanol–water partition coefficient (Wildman–Crippen LogP) is 5.13. The summed E-state index contributed by atoms with van der Waals surface area (Å²) in [5.74, 6) is 0.00874. The molecule has 2 heterocycles. The van der Waals surface area contributed by atoms with Gasteiger partial charge < -0.3 is 4.74 Å². The second-order valence-corrected chi connectivity index (χ2v) is 9.25. The Morgan fingerprint density at radius 2 is 1.88 bits per heavy atom. The van der Waals surface area contributed by atoms with Crippen molar-refractivity contribution in [2.75, 3.05) is 44.3 Å². The van der Waals surface area contributed by atoms with Gasteiger partial charge in [-0.05, 0) is 47.9 Å². The van der Waals surface area contributed by atoms with E-state index in [1.165, 1.54) is 0 Å². The van der Waals surface area contributed by atoms with Crippen molar-refractivity contribution < 1.29 is 9.53 Å². The van der Waals surface area contributed by atoms with Crippen LogP contribution in [0.5, 0.6) is 0 Å². The number of carbonyl (C=O) groups is 1. The summed E-state index contributed by atoms with van der Waals surface area (Å²) in [5, 5.41) is 2.99. The first-order chi connectivity index (χ1) is 15.7. The quantitative estimate of drug-likeness (QED) is 0.413. The van der Waals surface area contributed by atoms with Crippen molar-refractivity contribution in [2.45, 2.75) is 13.3 Å². The Hall–Kier alpha value is -2.80. The molecule has 164 valence electrons. The number of benzene rings is 3. The van der Waals surface area contributed by atoms with Crippen LogP contribution in [0.15, 0.2) is 60.7 Å². The number of morpholine rings is 1. The van der Waals surface area contributed by atoms with Crippen LogP contribution in [0.25, 0.3) is 21.0 Å². The van der Waals surface area contributed by atoms with Gasteiger partial charge in [0.05, 0.1) is 23.4 Å². The highest BCUT2D eigenvalue weighted by molar-refractivity contribution is 7.22. The normalized spacial score (nSPS) is 14.8. The standard InChI is InChI=1S/C26H27N3O2S/c1-19-6-4-9-23-24(19)27-26(32-23)29(13-5-12-28-14-16-31-17-15-28)25(30)22-11-10-20-7-2-3-8-21(20)18-22/h2-4,6-11,18H,5,12-17H2,1H3. The molecule has 1 aromatic heterocycles. The van der Waals surface area contributed by atoms with Crippen molar-refractivity contribution >= 4 is 43.4 Å². The second kappa shape index (κ2) is 9.36. The SMILES string of the molecule is Cc1cccc2sc(N(CCCN3CCOCC3)C(=O)c3ccc4ccccc4c3)nc12. The highest BCUT2D eigenvalue weighted by Crippen LogP contribution is 2.32. The zero-order chi connectivity index (χ0) is 21.9. The molecule has 0 spiro atoms. The van der Waals surface area contributed by atoms with E-state index >= 15 is 0 Å². The van der Waals surface area contributed by atoms with Gasteiger partial charge in [-0.1, -0.05) is 53.8 Å². The van der Waals surface area contributed by atoms with Gasteiger partial charge in [-0.15, -0.1) is 0 Å². The summed E-state index contributed by atoms with van der Waals surface area (Å²) in [6, 6.07) is 20.3. The molecule has 0 unspecified atom stereocenters. The van der Waals surface area contributed by atoms with Gasteiger partial charge in [0, 0.05) is 31.7 Å². The summed E-state index contributed by atoms with van der Waals surface area (Å²) < 4.78 is 6.57. The molecule has 1 amide bonds. The molecule has 5 rings (SSSR count). The number of nitrogens with zero attached hydrogens (tertiary/aromatic N) is 3. The second-order valence-electron chi connectivity index (χ2n) is 8.24. The van der Waals surface area contributed by atoms with Crippen LogP contribution >= 0.6 is 11.3 Å². The molecular formula is C26H27N3O2S. The smallest absolute Gasteiger partial charge is 0.260 e. The number of amides is 1. The molecule has 1 aliphatic rings. The first-order valence-corrected chi connectivity index (χ1v) is 12.0. The number of thiazole rings is 1. The number of rotatable bonds is 6. The van der Waals surface area contributed by atoms with Gasteiger partial charge in [0.2, 0.25) is 0 Å². The molecule has 0 N–H and O–H groups in total. The molecule has 0 atom stereocenters. The fourth-order valence-electron chi connectivity index (χ4n) is 4.23. The summed E-state index contributed by atoms with van der Waals surface area (Å²) in [4.78, 5) is 22.8. The van der Waals surface area contributed by atoms with E-state index in [-0.39, 0.29) is 5.91 Å². The zero-order valence-electron chi connectivity index (χ0n) is 18.3. The molecule has 1 saturated heterocycles. The maximum absolute atomic E-state index is 13.7. The lowest BCUT2D eigenvalue weighted by molar-refractivity contribution is 0.0376. The molecule has 0 bridgehead atoms. The number of hydrogen-bond acceptors (Lipinski definition) is 5. The maximum Gasteiger partial charge on any atom is 0.260 e. The predicted molar refractivity (Wildman–Crippen MR) is 132 cm³/mol. The molecule has 32 heavy (non-hydrogen) atoms. The van der Waals surface area contributed by atoms with E-state index in [4.69, 9.17) is 9.72 Å². The first kappa shape index (κ1) is 21.1. The molecule has 6 heteroatoms. The van der Waals surface area contributed by atoms with Gasteiger partial charge in [-0.3, -0.25) is 14.6 Å². The summed E-state index contributed by atoms with van der Waals surface area (Å²) in [7, 11) is 0. The molecule has 1 fully saturated rings. The topological polar surface area (TPSA) is 45.7 Å². The van der Waals surface area contributed by atoms with Gasteiger partial charge in [0.25, 0.3) is 5.91 Å². The van der Waals surface area contributed by atoms with Crippen molar-refractivity contribution in [3.05, 3.63) is 71.8 Å². The number of aryl methyl sites for hydroxylation is 1. The van der Waals surface area contributed by atoms with Crippen molar-refractivity contribution in [1.82, 2.24) is 9.88 Å². The van der Waals surface area contributed by atoms with Crippen LogP contribution in [0, 0.1) is 6.92 Å². The monoisotopic (exact) mass is 445 g/mol. The Balaban J connectivity index is 1.44. The molecule has 0 saturated carbocycles. The van der Waals surface area contributed by atoms with Gasteiger partial charge >= 0.3 is 0 Å². The molecular weight excluding hydrogens is 418 g/mol. The number of ether oxygens (including phenoxy) is 1. The van der Waals surface area contributed by atoms with Crippen LogP contribution in [0.4, 0.5) is 5.13 Å². The number of hydrogen-bond donors (Lipinski definition) is 0. The first-order valence-electron chi connectivity index (χ1n) is 11.2. The summed E-state index contributed by atoms with van der Waals surface area (Å²) >= 11 is 1.59. The van der Waals surface area contributed by atoms with Gasteiger partial charge in [-0.2, -0.15) is 0 Å². The van der Waals surface area contributed by atoms with Crippen LogP contribution in [-0.2, 0) is 4.74 Å². The Bertz CT molecular complexity index is 1250. The molecule has 1 aliphatic heterocycles. The van der Waals surface area contributed by atoms with Crippen molar-refractivity contribution in [3.8, 4) is 0 Å². The zero-order valence-corrected chi connectivity index (χ0v) is 19.1. The number of carbonyl (C=O) groups excluding carboxylic acids is 1. The van der Waals surface area contributed by atoms with Gasteiger partial charge in [0.15, 0.2) is 5.13 Å². The highest BCUT2D eigenvalue weighted by atomic mass is 32.1. The molecule has 5 nitrogen and oxygen atoms in total. The Morgan fingerprint density at radius 3 is 2.69 bits per heavy atom. The number of fused-ring (bicyclic) bond motifs is 2. The van der Waals surface area contributed by atoms with Crippen LogP contribution in [0.1, 0.15) is 22.3 Å². The third kappa shape index (κ3) is 4.39.